The van der Waals surface area contributed by atoms with Crippen LogP contribution < -0.4 is 23.7 Å². The van der Waals surface area contributed by atoms with Crippen LogP contribution in [0.4, 0.5) is 0 Å². The lowest BCUT2D eigenvalue weighted by Crippen LogP contribution is -2.22. The monoisotopic (exact) mass is 458 g/mol. The highest BCUT2D eigenvalue weighted by Gasteiger charge is 2.39. The number of allylic oxidation sites excluding steroid dienone is 1. The summed E-state index contributed by atoms with van der Waals surface area (Å²) in [5.41, 5.74) is 2.51. The summed E-state index contributed by atoms with van der Waals surface area (Å²) in [6, 6.07) is 16.1. The smallest absolute Gasteiger partial charge is 0.312 e. The van der Waals surface area contributed by atoms with E-state index >= 15 is 0 Å². The van der Waals surface area contributed by atoms with Crippen LogP contribution in [0.2, 0.25) is 0 Å². The minimum absolute atomic E-state index is 0.101. The van der Waals surface area contributed by atoms with Crippen LogP contribution in [0.1, 0.15) is 39.4 Å². The third-order valence-corrected chi connectivity index (χ3v) is 6.01. The van der Waals surface area contributed by atoms with E-state index in [0.717, 1.165) is 5.56 Å². The molecule has 0 aliphatic carbocycles. The summed E-state index contributed by atoms with van der Waals surface area (Å²) in [7, 11) is 4.67. The molecule has 1 unspecified atom stereocenters. The van der Waals surface area contributed by atoms with Gasteiger partial charge in [0.2, 0.25) is 5.78 Å². The highest BCUT2D eigenvalue weighted by molar-refractivity contribution is 6.15. The van der Waals surface area contributed by atoms with Crippen LogP contribution in [0.15, 0.2) is 60.4 Å². The molecule has 2 heterocycles. The minimum Gasteiger partial charge on any atom is -0.496 e. The van der Waals surface area contributed by atoms with Gasteiger partial charge in [0.15, 0.2) is 17.3 Å². The second kappa shape index (κ2) is 8.59. The van der Waals surface area contributed by atoms with Gasteiger partial charge in [0, 0.05) is 22.6 Å². The van der Waals surface area contributed by atoms with Crippen LogP contribution >= 0.6 is 0 Å². The molecule has 0 amide bonds. The zero-order valence-corrected chi connectivity index (χ0v) is 18.9. The molecular weight excluding hydrogens is 436 g/mol. The lowest BCUT2D eigenvalue weighted by Gasteiger charge is -2.27. The van der Waals surface area contributed by atoms with Gasteiger partial charge in [-0.1, -0.05) is 30.3 Å². The molecule has 1 atom stereocenters. The minimum atomic E-state index is -0.388. The number of hydrogen-bond donors (Lipinski definition) is 0. The topological polar surface area (TPSA) is 80.3 Å². The average molecular weight is 458 g/mol. The van der Waals surface area contributed by atoms with Crippen LogP contribution in [0.3, 0.4) is 0 Å². The number of methoxy groups -OCH3 is 3. The van der Waals surface area contributed by atoms with Gasteiger partial charge in [-0.05, 0) is 30.3 Å². The van der Waals surface area contributed by atoms with E-state index in [1.807, 2.05) is 30.3 Å². The Labute approximate surface area is 196 Å². The number of carbonyl (C=O) groups is 2. The Morgan fingerprint density at radius 2 is 1.62 bits per heavy atom. The van der Waals surface area contributed by atoms with Gasteiger partial charge < -0.3 is 23.7 Å². The van der Waals surface area contributed by atoms with Gasteiger partial charge in [-0.2, -0.15) is 0 Å². The maximum absolute atomic E-state index is 13.3. The Hall–Kier alpha value is -4.26. The molecule has 0 saturated carbocycles. The molecule has 34 heavy (non-hydrogen) atoms. The third kappa shape index (κ3) is 3.46. The molecule has 0 N–H and O–H groups in total. The number of hydrogen-bond acceptors (Lipinski definition) is 7. The quantitative estimate of drug-likeness (QED) is 0.310. The van der Waals surface area contributed by atoms with Crippen molar-refractivity contribution in [2.24, 2.45) is 0 Å². The molecular formula is C27H22O7. The van der Waals surface area contributed by atoms with E-state index in [1.165, 1.54) is 7.11 Å². The highest BCUT2D eigenvalue weighted by atomic mass is 16.5. The average Bonchev–Trinajstić information content (AvgIpc) is 3.18. The molecule has 2 aliphatic heterocycles. The van der Waals surface area contributed by atoms with Crippen molar-refractivity contribution in [2.45, 2.75) is 12.3 Å². The van der Waals surface area contributed by atoms with Crippen LogP contribution in [-0.2, 0) is 4.79 Å². The fraction of sp³-hybridized carbons (Fsp3) is 0.185. The zero-order valence-electron chi connectivity index (χ0n) is 18.9. The normalized spacial score (nSPS) is 17.5. The van der Waals surface area contributed by atoms with Crippen LogP contribution in [0, 0.1) is 0 Å². The van der Waals surface area contributed by atoms with E-state index in [0.29, 0.717) is 45.4 Å². The van der Waals surface area contributed by atoms with E-state index in [2.05, 4.69) is 0 Å². The number of ketones is 1. The molecule has 0 saturated heterocycles. The van der Waals surface area contributed by atoms with Crippen molar-refractivity contribution in [1.82, 2.24) is 0 Å². The van der Waals surface area contributed by atoms with Gasteiger partial charge in [0.1, 0.15) is 17.2 Å². The van der Waals surface area contributed by atoms with Crippen molar-refractivity contribution in [2.75, 3.05) is 21.3 Å². The Kier molecular flexibility index (Phi) is 5.45. The molecule has 0 radical (unpaired) electrons. The Morgan fingerprint density at radius 1 is 0.853 bits per heavy atom. The predicted molar refractivity (Wildman–Crippen MR) is 124 cm³/mol. The highest BCUT2D eigenvalue weighted by Crippen LogP contribution is 2.50. The Morgan fingerprint density at radius 3 is 2.38 bits per heavy atom. The van der Waals surface area contributed by atoms with Gasteiger partial charge in [-0.3, -0.25) is 9.59 Å². The van der Waals surface area contributed by atoms with Crippen LogP contribution in [0.25, 0.3) is 6.08 Å². The van der Waals surface area contributed by atoms with E-state index in [4.69, 9.17) is 23.7 Å². The molecule has 172 valence electrons. The van der Waals surface area contributed by atoms with Crippen molar-refractivity contribution >= 4 is 17.8 Å². The number of carbonyl (C=O) groups excluding carboxylic acids is 2. The molecule has 7 heteroatoms. The molecule has 7 nitrogen and oxygen atoms in total. The summed E-state index contributed by atoms with van der Waals surface area (Å²) in [5.74, 6) is 1.58. The summed E-state index contributed by atoms with van der Waals surface area (Å²) in [4.78, 5) is 25.7. The lowest BCUT2D eigenvalue weighted by molar-refractivity contribution is -0.135. The molecule has 3 aromatic carbocycles. The first-order valence-electron chi connectivity index (χ1n) is 10.7. The summed E-state index contributed by atoms with van der Waals surface area (Å²) in [5, 5.41) is 0. The lowest BCUT2D eigenvalue weighted by atomic mass is 9.84. The number of ether oxygens (including phenoxy) is 5. The summed E-state index contributed by atoms with van der Waals surface area (Å²) < 4.78 is 28.0. The predicted octanol–water partition coefficient (Wildman–Crippen LogP) is 4.77. The molecule has 0 fully saturated rings. The molecule has 2 aliphatic rings. The van der Waals surface area contributed by atoms with E-state index < -0.39 is 0 Å². The Bertz CT molecular complexity index is 1340. The third-order valence-electron chi connectivity index (χ3n) is 6.01. The second-order valence-electron chi connectivity index (χ2n) is 7.85. The maximum atomic E-state index is 13.3. The maximum Gasteiger partial charge on any atom is 0.312 e. The van der Waals surface area contributed by atoms with Crippen molar-refractivity contribution in [3.05, 3.63) is 82.6 Å². The fourth-order valence-corrected chi connectivity index (χ4v) is 4.49. The van der Waals surface area contributed by atoms with Crippen molar-refractivity contribution in [3.63, 3.8) is 0 Å². The number of benzene rings is 3. The number of esters is 1. The number of Topliss-reactive ketones (excluding diaryl/α,β-unsaturated/α-hetero) is 1. The Balaban J connectivity index is 1.63. The van der Waals surface area contributed by atoms with Crippen molar-refractivity contribution in [3.8, 4) is 28.7 Å². The summed E-state index contributed by atoms with van der Waals surface area (Å²) in [6.45, 7) is 0. The summed E-state index contributed by atoms with van der Waals surface area (Å²) >= 11 is 0. The van der Waals surface area contributed by atoms with Gasteiger partial charge >= 0.3 is 5.97 Å². The number of rotatable bonds is 5. The van der Waals surface area contributed by atoms with E-state index in [1.54, 1.807) is 44.6 Å². The molecule has 0 spiro atoms. The first-order valence-corrected chi connectivity index (χ1v) is 10.7. The molecule has 0 aromatic heterocycles. The van der Waals surface area contributed by atoms with Gasteiger partial charge in [-0.25, -0.2) is 0 Å². The van der Waals surface area contributed by atoms with E-state index in [9.17, 15) is 9.59 Å². The zero-order chi connectivity index (χ0) is 23.8. The first-order chi connectivity index (χ1) is 16.5. The van der Waals surface area contributed by atoms with Gasteiger partial charge in [-0.15, -0.1) is 0 Å². The van der Waals surface area contributed by atoms with Crippen molar-refractivity contribution in [1.29, 1.82) is 0 Å². The van der Waals surface area contributed by atoms with Crippen LogP contribution in [-0.4, -0.2) is 33.1 Å². The van der Waals surface area contributed by atoms with Gasteiger partial charge in [0.25, 0.3) is 0 Å². The fourth-order valence-electron chi connectivity index (χ4n) is 4.49. The standard InChI is InChI=1S/C27H22O7/c1-30-19-9-5-4-8-16(19)18-14-23(28)33-20-12-11-17-25(29)22(34-27(17)24(18)20)13-15-7-6-10-21(31-2)26(15)32-3/h4-13,18H,14H2,1-3H3/b22-13-. The second-order valence-corrected chi connectivity index (χ2v) is 7.85. The van der Waals surface area contributed by atoms with Crippen LogP contribution in [0.5, 0.6) is 28.7 Å². The van der Waals surface area contributed by atoms with E-state index in [-0.39, 0.29) is 29.9 Å². The number of para-hydroxylation sites is 2. The molecule has 3 aromatic rings. The molecule has 0 bridgehead atoms. The number of fused-ring (bicyclic) bond motifs is 3. The first kappa shape index (κ1) is 21.6. The molecule has 5 rings (SSSR count). The largest absolute Gasteiger partial charge is 0.496 e. The van der Waals surface area contributed by atoms with Crippen molar-refractivity contribution < 1.29 is 33.3 Å². The summed E-state index contributed by atoms with van der Waals surface area (Å²) in [6.07, 6.45) is 1.73. The van der Waals surface area contributed by atoms with Gasteiger partial charge in [0.05, 0.1) is 33.3 Å². The SMILES string of the molecule is COc1ccccc1C1CC(=O)Oc2ccc3c(c21)O/C(=C\c1cccc(OC)c1OC)C3=O.